The molecule has 2 aromatic rings. The standard InChI is InChI=1S/C17H17NOS/c1-17(18-13-20,15-10-6-3-7-11-15)12-16(19)14-8-4-2-5-9-14/h2-11,16,19H,12H2,1H3. The molecule has 0 spiro atoms. The lowest BCUT2D eigenvalue weighted by Crippen LogP contribution is -2.22. The highest BCUT2D eigenvalue weighted by Gasteiger charge is 2.29. The van der Waals surface area contributed by atoms with E-state index in [2.05, 4.69) is 10.2 Å². The molecular formula is C17H17NOS. The molecule has 0 amide bonds. The van der Waals surface area contributed by atoms with Crippen LogP contribution >= 0.6 is 12.2 Å². The number of rotatable bonds is 5. The fourth-order valence-corrected chi connectivity index (χ4v) is 2.50. The molecule has 0 radical (unpaired) electrons. The number of thiocarbonyl (C=S) groups is 1. The second-order valence-corrected chi connectivity index (χ2v) is 5.16. The van der Waals surface area contributed by atoms with Crippen LogP contribution in [0.2, 0.25) is 0 Å². The molecule has 20 heavy (non-hydrogen) atoms. The number of hydrogen-bond donors (Lipinski definition) is 1. The summed E-state index contributed by atoms with van der Waals surface area (Å²) < 4.78 is 0. The van der Waals surface area contributed by atoms with Gasteiger partial charge in [0.1, 0.15) is 0 Å². The van der Waals surface area contributed by atoms with Gasteiger partial charge in [-0.05, 0) is 30.3 Å². The van der Waals surface area contributed by atoms with Gasteiger partial charge in [0.25, 0.3) is 0 Å². The number of aliphatic hydroxyl groups is 1. The summed E-state index contributed by atoms with van der Waals surface area (Å²) in [4.78, 5) is 4.30. The molecule has 102 valence electrons. The van der Waals surface area contributed by atoms with Gasteiger partial charge in [0.2, 0.25) is 0 Å². The van der Waals surface area contributed by atoms with E-state index >= 15 is 0 Å². The third kappa shape index (κ3) is 3.40. The molecule has 2 aromatic carbocycles. The Morgan fingerprint density at radius 2 is 1.65 bits per heavy atom. The van der Waals surface area contributed by atoms with Crippen LogP contribution in [0.5, 0.6) is 0 Å². The highest BCUT2D eigenvalue weighted by molar-refractivity contribution is 7.78. The number of aliphatic hydroxyl groups excluding tert-OH is 1. The minimum absolute atomic E-state index is 0.463. The topological polar surface area (TPSA) is 32.6 Å². The Labute approximate surface area is 124 Å². The molecule has 0 heterocycles. The zero-order valence-corrected chi connectivity index (χ0v) is 12.2. The van der Waals surface area contributed by atoms with Crippen molar-refractivity contribution >= 4 is 17.4 Å². The molecule has 0 aliphatic rings. The Kier molecular flexibility index (Phi) is 4.80. The average Bonchev–Trinajstić information content (AvgIpc) is 2.49. The van der Waals surface area contributed by atoms with E-state index < -0.39 is 11.6 Å². The van der Waals surface area contributed by atoms with Gasteiger partial charge in [-0.25, -0.2) is 4.99 Å². The van der Waals surface area contributed by atoms with E-state index in [0.717, 1.165) is 11.1 Å². The summed E-state index contributed by atoms with van der Waals surface area (Å²) in [6.07, 6.45) is -0.126. The van der Waals surface area contributed by atoms with Crippen LogP contribution in [0, 0.1) is 0 Å². The fraction of sp³-hybridized carbons (Fsp3) is 0.235. The smallest absolute Gasteiger partial charge is 0.0959 e. The summed E-state index contributed by atoms with van der Waals surface area (Å²) in [5, 5.41) is 12.9. The zero-order chi connectivity index (χ0) is 14.4. The molecule has 0 saturated carbocycles. The quantitative estimate of drug-likeness (QED) is 0.661. The molecule has 2 unspecified atom stereocenters. The second-order valence-electron chi connectivity index (χ2n) is 4.97. The van der Waals surface area contributed by atoms with Crippen LogP contribution in [-0.2, 0) is 5.54 Å². The van der Waals surface area contributed by atoms with Crippen LogP contribution in [0.4, 0.5) is 0 Å². The SMILES string of the molecule is CC(CC(O)c1ccccc1)(N=C=S)c1ccccc1. The van der Waals surface area contributed by atoms with Crippen LogP contribution in [0.25, 0.3) is 0 Å². The van der Waals surface area contributed by atoms with Gasteiger partial charge in [0.05, 0.1) is 16.8 Å². The average molecular weight is 283 g/mol. The molecular weight excluding hydrogens is 266 g/mol. The minimum atomic E-state index is -0.589. The highest BCUT2D eigenvalue weighted by Crippen LogP contribution is 2.34. The molecule has 0 aromatic heterocycles. The van der Waals surface area contributed by atoms with Gasteiger partial charge >= 0.3 is 0 Å². The van der Waals surface area contributed by atoms with Crippen molar-refractivity contribution in [1.82, 2.24) is 0 Å². The van der Waals surface area contributed by atoms with Crippen LogP contribution in [0.1, 0.15) is 30.6 Å². The van der Waals surface area contributed by atoms with Gasteiger partial charge in [-0.2, -0.15) is 0 Å². The van der Waals surface area contributed by atoms with Gasteiger partial charge < -0.3 is 5.11 Å². The van der Waals surface area contributed by atoms with Crippen molar-refractivity contribution in [1.29, 1.82) is 0 Å². The molecule has 0 aliphatic carbocycles. The first-order chi connectivity index (χ1) is 9.65. The molecule has 1 N–H and O–H groups in total. The monoisotopic (exact) mass is 283 g/mol. The summed E-state index contributed by atoms with van der Waals surface area (Å²) in [7, 11) is 0. The fourth-order valence-electron chi connectivity index (χ4n) is 2.30. The lowest BCUT2D eigenvalue weighted by molar-refractivity contribution is 0.138. The molecule has 0 saturated heterocycles. The number of benzene rings is 2. The molecule has 0 bridgehead atoms. The third-order valence-electron chi connectivity index (χ3n) is 3.46. The summed E-state index contributed by atoms with van der Waals surface area (Å²) in [5.41, 5.74) is 1.33. The van der Waals surface area contributed by atoms with Crippen LogP contribution in [-0.4, -0.2) is 10.3 Å². The largest absolute Gasteiger partial charge is 0.388 e. The first-order valence-electron chi connectivity index (χ1n) is 6.53. The third-order valence-corrected chi connectivity index (χ3v) is 3.55. The summed E-state index contributed by atoms with van der Waals surface area (Å²) in [6, 6.07) is 19.5. The normalized spacial score (nSPS) is 14.9. The van der Waals surface area contributed by atoms with E-state index in [1.807, 2.05) is 67.6 Å². The van der Waals surface area contributed by atoms with Crippen molar-refractivity contribution in [2.45, 2.75) is 25.0 Å². The van der Waals surface area contributed by atoms with Gasteiger partial charge in [0, 0.05) is 6.42 Å². The molecule has 2 atom stereocenters. The zero-order valence-electron chi connectivity index (χ0n) is 11.4. The molecule has 3 heteroatoms. The maximum Gasteiger partial charge on any atom is 0.0959 e. The van der Waals surface area contributed by atoms with Crippen LogP contribution < -0.4 is 0 Å². The maximum atomic E-state index is 10.4. The van der Waals surface area contributed by atoms with Crippen molar-refractivity contribution in [2.75, 3.05) is 0 Å². The lowest BCUT2D eigenvalue weighted by Gasteiger charge is -2.27. The highest BCUT2D eigenvalue weighted by atomic mass is 32.1. The van der Waals surface area contributed by atoms with E-state index in [1.54, 1.807) is 0 Å². The van der Waals surface area contributed by atoms with E-state index in [0.29, 0.717) is 6.42 Å². The van der Waals surface area contributed by atoms with Crippen molar-refractivity contribution in [3.8, 4) is 0 Å². The van der Waals surface area contributed by atoms with Crippen molar-refractivity contribution < 1.29 is 5.11 Å². The van der Waals surface area contributed by atoms with Gasteiger partial charge in [-0.1, -0.05) is 60.7 Å². The lowest BCUT2D eigenvalue weighted by atomic mass is 9.85. The molecule has 0 aliphatic heterocycles. The Hall–Kier alpha value is -1.80. The van der Waals surface area contributed by atoms with Crippen molar-refractivity contribution in [2.24, 2.45) is 4.99 Å². The maximum absolute atomic E-state index is 10.4. The Balaban J connectivity index is 2.29. The number of isothiocyanates is 1. The van der Waals surface area contributed by atoms with Crippen LogP contribution in [0.15, 0.2) is 65.7 Å². The predicted molar refractivity (Wildman–Crippen MR) is 84.8 cm³/mol. The van der Waals surface area contributed by atoms with E-state index in [9.17, 15) is 5.11 Å². The number of aliphatic imine (C=N–C) groups is 1. The first-order valence-corrected chi connectivity index (χ1v) is 6.94. The van der Waals surface area contributed by atoms with Gasteiger partial charge in [-0.3, -0.25) is 0 Å². The van der Waals surface area contributed by atoms with Crippen molar-refractivity contribution in [3.05, 3.63) is 71.8 Å². The van der Waals surface area contributed by atoms with Gasteiger partial charge in [0.15, 0.2) is 0 Å². The van der Waals surface area contributed by atoms with E-state index in [4.69, 9.17) is 12.2 Å². The summed E-state index contributed by atoms with van der Waals surface area (Å²) >= 11 is 4.77. The Bertz CT molecular complexity index is 593. The van der Waals surface area contributed by atoms with E-state index in [1.165, 1.54) is 0 Å². The summed E-state index contributed by atoms with van der Waals surface area (Å²) in [6.45, 7) is 1.97. The number of hydrogen-bond acceptors (Lipinski definition) is 3. The van der Waals surface area contributed by atoms with E-state index in [-0.39, 0.29) is 0 Å². The minimum Gasteiger partial charge on any atom is -0.388 e. The Morgan fingerprint density at radius 1 is 1.10 bits per heavy atom. The Morgan fingerprint density at radius 3 is 2.20 bits per heavy atom. The molecule has 0 fully saturated rings. The van der Waals surface area contributed by atoms with Crippen LogP contribution in [0.3, 0.4) is 0 Å². The van der Waals surface area contributed by atoms with Crippen molar-refractivity contribution in [3.63, 3.8) is 0 Å². The van der Waals surface area contributed by atoms with Gasteiger partial charge in [-0.15, -0.1) is 0 Å². The molecule has 2 rings (SSSR count). The molecule has 2 nitrogen and oxygen atoms in total. The second kappa shape index (κ2) is 6.58. The summed E-state index contributed by atoms with van der Waals surface area (Å²) in [5.74, 6) is 0. The first kappa shape index (κ1) is 14.6. The number of nitrogens with zero attached hydrogens (tertiary/aromatic N) is 1. The predicted octanol–water partition coefficient (Wildman–Crippen LogP) is 4.13.